The van der Waals surface area contributed by atoms with Crippen molar-refractivity contribution in [1.82, 2.24) is 4.98 Å². The van der Waals surface area contributed by atoms with E-state index in [9.17, 15) is 5.11 Å². The Labute approximate surface area is 121 Å². The Bertz CT molecular complexity index is 992. The molecule has 0 radical (unpaired) electrons. The summed E-state index contributed by atoms with van der Waals surface area (Å²) in [5, 5.41) is 14.1. The number of aromatic hydroxyl groups is 1. The maximum Gasteiger partial charge on any atom is 0.125 e. The van der Waals surface area contributed by atoms with Gasteiger partial charge in [-0.15, -0.1) is 0 Å². The minimum absolute atomic E-state index is 0.257. The van der Waals surface area contributed by atoms with Crippen molar-refractivity contribution >= 4 is 32.6 Å². The average molecular weight is 275 g/mol. The third-order valence-corrected chi connectivity index (χ3v) is 3.82. The van der Waals surface area contributed by atoms with E-state index in [0.717, 1.165) is 38.3 Å². The number of hydrogen-bond acceptors (Lipinski definition) is 3. The number of aromatic nitrogens is 1. The molecule has 0 saturated carbocycles. The molecule has 3 nitrogen and oxygen atoms in total. The van der Waals surface area contributed by atoms with Crippen LogP contribution in [0.4, 0.5) is 0 Å². The quantitative estimate of drug-likeness (QED) is 0.417. The van der Waals surface area contributed by atoms with Crippen LogP contribution < -0.4 is 4.74 Å². The zero-order valence-corrected chi connectivity index (χ0v) is 11.5. The summed E-state index contributed by atoms with van der Waals surface area (Å²) < 4.78 is 5.24. The fraction of sp³-hybridized carbons (Fsp3) is 0.0556. The second-order valence-corrected chi connectivity index (χ2v) is 5.05. The summed E-state index contributed by atoms with van der Waals surface area (Å²) in [7, 11) is 1.64. The van der Waals surface area contributed by atoms with Gasteiger partial charge in [0.15, 0.2) is 0 Å². The lowest BCUT2D eigenvalue weighted by Crippen LogP contribution is -1.87. The highest BCUT2D eigenvalue weighted by Crippen LogP contribution is 2.33. The molecule has 0 aliphatic heterocycles. The highest BCUT2D eigenvalue weighted by atomic mass is 16.5. The van der Waals surface area contributed by atoms with Gasteiger partial charge in [-0.1, -0.05) is 24.3 Å². The molecule has 0 spiro atoms. The molecule has 0 aliphatic carbocycles. The molecular weight excluding hydrogens is 262 g/mol. The summed E-state index contributed by atoms with van der Waals surface area (Å²) in [5.41, 5.74) is 1.64. The zero-order valence-electron chi connectivity index (χ0n) is 11.5. The molecule has 4 aromatic rings. The SMILES string of the molecule is COc1ccc2cc3c(cc(O)c4ccccc43)nc2c1. The lowest BCUT2D eigenvalue weighted by Gasteiger charge is -2.08. The van der Waals surface area contributed by atoms with E-state index in [0.29, 0.717) is 0 Å². The fourth-order valence-corrected chi connectivity index (χ4v) is 2.76. The van der Waals surface area contributed by atoms with E-state index >= 15 is 0 Å². The zero-order chi connectivity index (χ0) is 14.4. The van der Waals surface area contributed by atoms with Crippen LogP contribution in [0.2, 0.25) is 0 Å². The van der Waals surface area contributed by atoms with E-state index in [1.807, 2.05) is 42.5 Å². The van der Waals surface area contributed by atoms with Crippen LogP contribution in [-0.4, -0.2) is 17.2 Å². The van der Waals surface area contributed by atoms with Crippen molar-refractivity contribution in [2.24, 2.45) is 0 Å². The monoisotopic (exact) mass is 275 g/mol. The summed E-state index contributed by atoms with van der Waals surface area (Å²) in [6, 6.07) is 17.5. The van der Waals surface area contributed by atoms with Gasteiger partial charge in [-0.2, -0.15) is 0 Å². The van der Waals surface area contributed by atoms with Gasteiger partial charge in [0.2, 0.25) is 0 Å². The smallest absolute Gasteiger partial charge is 0.125 e. The number of rotatable bonds is 1. The summed E-state index contributed by atoms with van der Waals surface area (Å²) in [5.74, 6) is 1.03. The van der Waals surface area contributed by atoms with Gasteiger partial charge in [0.05, 0.1) is 18.1 Å². The molecule has 102 valence electrons. The predicted molar refractivity (Wildman–Crippen MR) is 85.0 cm³/mol. The van der Waals surface area contributed by atoms with E-state index in [4.69, 9.17) is 4.74 Å². The molecular formula is C18H13NO2. The first-order valence-corrected chi connectivity index (χ1v) is 6.75. The van der Waals surface area contributed by atoms with Crippen molar-refractivity contribution in [1.29, 1.82) is 0 Å². The molecule has 3 aromatic carbocycles. The molecule has 21 heavy (non-hydrogen) atoms. The van der Waals surface area contributed by atoms with Gasteiger partial charge in [-0.05, 0) is 23.6 Å². The molecule has 4 rings (SSSR count). The Hall–Kier alpha value is -2.81. The lowest BCUT2D eigenvalue weighted by molar-refractivity contribution is 0.415. The largest absolute Gasteiger partial charge is 0.507 e. The molecule has 3 heteroatoms. The Balaban J connectivity index is 2.17. The summed E-state index contributed by atoms with van der Waals surface area (Å²) in [6.45, 7) is 0. The van der Waals surface area contributed by atoms with E-state index in [-0.39, 0.29) is 5.75 Å². The van der Waals surface area contributed by atoms with Crippen LogP contribution in [-0.2, 0) is 0 Å². The van der Waals surface area contributed by atoms with Gasteiger partial charge in [0.1, 0.15) is 11.5 Å². The molecule has 1 N–H and O–H groups in total. The van der Waals surface area contributed by atoms with E-state index in [1.54, 1.807) is 13.2 Å². The number of methoxy groups -OCH3 is 1. The summed E-state index contributed by atoms with van der Waals surface area (Å²) in [4.78, 5) is 4.66. The van der Waals surface area contributed by atoms with Gasteiger partial charge in [-0.3, -0.25) is 0 Å². The first-order valence-electron chi connectivity index (χ1n) is 6.75. The first-order chi connectivity index (χ1) is 10.3. The minimum atomic E-state index is 0.257. The van der Waals surface area contributed by atoms with Gasteiger partial charge in [-0.25, -0.2) is 4.98 Å². The van der Waals surface area contributed by atoms with Crippen LogP contribution in [0.3, 0.4) is 0 Å². The molecule has 0 saturated heterocycles. The maximum absolute atomic E-state index is 10.2. The van der Waals surface area contributed by atoms with Gasteiger partial charge < -0.3 is 9.84 Å². The molecule has 0 fully saturated rings. The third-order valence-electron chi connectivity index (χ3n) is 3.82. The molecule has 0 aliphatic rings. The van der Waals surface area contributed by atoms with Gasteiger partial charge >= 0.3 is 0 Å². The summed E-state index contributed by atoms with van der Waals surface area (Å²) in [6.07, 6.45) is 0. The Morgan fingerprint density at radius 2 is 1.67 bits per heavy atom. The second kappa shape index (κ2) is 4.35. The average Bonchev–Trinajstić information content (AvgIpc) is 2.53. The maximum atomic E-state index is 10.2. The molecule has 1 aromatic heterocycles. The van der Waals surface area contributed by atoms with Crippen LogP contribution >= 0.6 is 0 Å². The minimum Gasteiger partial charge on any atom is -0.507 e. The van der Waals surface area contributed by atoms with Crippen LogP contribution in [0.25, 0.3) is 32.6 Å². The Morgan fingerprint density at radius 3 is 2.48 bits per heavy atom. The van der Waals surface area contributed by atoms with Crippen molar-refractivity contribution in [2.45, 2.75) is 0 Å². The van der Waals surface area contributed by atoms with Crippen LogP contribution in [0.1, 0.15) is 0 Å². The van der Waals surface area contributed by atoms with E-state index in [2.05, 4.69) is 11.1 Å². The van der Waals surface area contributed by atoms with Gasteiger partial charge in [0.25, 0.3) is 0 Å². The highest BCUT2D eigenvalue weighted by molar-refractivity contribution is 6.11. The fourth-order valence-electron chi connectivity index (χ4n) is 2.76. The van der Waals surface area contributed by atoms with Crippen LogP contribution in [0.15, 0.2) is 54.6 Å². The first kappa shape index (κ1) is 12.0. The number of benzene rings is 3. The predicted octanol–water partition coefficient (Wildman–Crippen LogP) is 4.26. The number of phenols is 1. The van der Waals surface area contributed by atoms with E-state index in [1.165, 1.54) is 0 Å². The van der Waals surface area contributed by atoms with Crippen LogP contribution in [0.5, 0.6) is 11.5 Å². The standard InChI is InChI=1S/C18H13NO2/c1-21-12-7-6-11-8-15-13-4-2-3-5-14(13)18(20)10-17(15)19-16(11)9-12/h2-10,20H,1H3. The number of phenolic OH excluding ortho intramolecular Hbond substituents is 1. The third kappa shape index (κ3) is 1.78. The number of fused-ring (bicyclic) bond motifs is 4. The molecule has 0 bridgehead atoms. The normalized spacial score (nSPS) is 11.3. The molecule has 0 amide bonds. The lowest BCUT2D eigenvalue weighted by atomic mass is 10.0. The van der Waals surface area contributed by atoms with Crippen molar-refractivity contribution in [3.05, 3.63) is 54.6 Å². The molecule has 0 atom stereocenters. The number of hydrogen-bond donors (Lipinski definition) is 1. The van der Waals surface area contributed by atoms with Gasteiger partial charge in [0, 0.05) is 28.3 Å². The molecule has 0 unspecified atom stereocenters. The van der Waals surface area contributed by atoms with Crippen molar-refractivity contribution in [3.8, 4) is 11.5 Å². The number of nitrogens with zero attached hydrogens (tertiary/aromatic N) is 1. The van der Waals surface area contributed by atoms with Crippen molar-refractivity contribution in [2.75, 3.05) is 7.11 Å². The Kier molecular flexibility index (Phi) is 2.48. The van der Waals surface area contributed by atoms with Crippen molar-refractivity contribution < 1.29 is 9.84 Å². The topological polar surface area (TPSA) is 42.4 Å². The van der Waals surface area contributed by atoms with Crippen molar-refractivity contribution in [3.63, 3.8) is 0 Å². The molecule has 1 heterocycles. The Morgan fingerprint density at radius 1 is 0.857 bits per heavy atom. The number of ether oxygens (including phenoxy) is 1. The van der Waals surface area contributed by atoms with Crippen LogP contribution in [0, 0.1) is 0 Å². The van der Waals surface area contributed by atoms with E-state index < -0.39 is 0 Å². The second-order valence-electron chi connectivity index (χ2n) is 5.05. The number of pyridine rings is 1. The highest BCUT2D eigenvalue weighted by Gasteiger charge is 2.08. The summed E-state index contributed by atoms with van der Waals surface area (Å²) >= 11 is 0.